The fourth-order valence-electron chi connectivity index (χ4n) is 3.90. The molecule has 28 heavy (non-hydrogen) atoms. The van der Waals surface area contributed by atoms with Gasteiger partial charge in [-0.05, 0) is 55.6 Å². The van der Waals surface area contributed by atoms with Crippen molar-refractivity contribution < 1.29 is 4.39 Å². The SMILES string of the molecule is Cn1cc2cc(-c3nc4ncc(C5CCNCC5)cc4c(=O)[nH]3)cc(F)c2n1. The number of aryl methyl sites for hydroxylation is 1. The van der Waals surface area contributed by atoms with Crippen LogP contribution in [0, 0.1) is 5.82 Å². The van der Waals surface area contributed by atoms with Gasteiger partial charge in [-0.3, -0.25) is 9.48 Å². The molecule has 0 unspecified atom stereocenters. The van der Waals surface area contributed by atoms with Crippen molar-refractivity contribution in [3.63, 3.8) is 0 Å². The lowest BCUT2D eigenvalue weighted by atomic mass is 9.91. The molecule has 1 saturated heterocycles. The van der Waals surface area contributed by atoms with Crippen LogP contribution in [0.1, 0.15) is 24.3 Å². The van der Waals surface area contributed by atoms with E-state index in [1.165, 1.54) is 6.07 Å². The molecule has 0 radical (unpaired) electrons. The van der Waals surface area contributed by atoms with Gasteiger partial charge in [0.05, 0.1) is 5.39 Å². The zero-order valence-electron chi connectivity index (χ0n) is 15.4. The molecule has 8 heteroatoms. The molecule has 1 fully saturated rings. The Morgan fingerprint density at radius 1 is 1.21 bits per heavy atom. The average molecular weight is 378 g/mol. The largest absolute Gasteiger partial charge is 0.317 e. The maximum atomic E-state index is 14.4. The Morgan fingerprint density at radius 3 is 2.86 bits per heavy atom. The van der Waals surface area contributed by atoms with E-state index in [1.807, 2.05) is 6.07 Å². The number of pyridine rings is 1. The van der Waals surface area contributed by atoms with Crippen molar-refractivity contribution >= 4 is 21.9 Å². The molecule has 5 rings (SSSR count). The summed E-state index contributed by atoms with van der Waals surface area (Å²) in [5.41, 5.74) is 1.94. The van der Waals surface area contributed by atoms with Crippen LogP contribution >= 0.6 is 0 Å². The number of halogens is 1. The first-order valence-corrected chi connectivity index (χ1v) is 9.32. The average Bonchev–Trinajstić information content (AvgIpc) is 3.09. The highest BCUT2D eigenvalue weighted by atomic mass is 19.1. The Labute approximate surface area is 159 Å². The number of H-pyrrole nitrogens is 1. The molecule has 0 atom stereocenters. The molecule has 7 nitrogen and oxygen atoms in total. The predicted octanol–water partition coefficient (Wildman–Crippen LogP) is 2.48. The van der Waals surface area contributed by atoms with Crippen LogP contribution < -0.4 is 10.9 Å². The maximum Gasteiger partial charge on any atom is 0.260 e. The summed E-state index contributed by atoms with van der Waals surface area (Å²) in [7, 11) is 1.74. The molecule has 4 aromatic rings. The van der Waals surface area contributed by atoms with Crippen molar-refractivity contribution in [1.82, 2.24) is 30.0 Å². The van der Waals surface area contributed by atoms with Gasteiger partial charge >= 0.3 is 0 Å². The van der Waals surface area contributed by atoms with E-state index in [1.54, 1.807) is 30.2 Å². The van der Waals surface area contributed by atoms with Crippen LogP contribution in [-0.4, -0.2) is 37.8 Å². The number of benzene rings is 1. The van der Waals surface area contributed by atoms with Crippen molar-refractivity contribution in [2.24, 2.45) is 7.05 Å². The van der Waals surface area contributed by atoms with Crippen LogP contribution in [0.3, 0.4) is 0 Å². The summed E-state index contributed by atoms with van der Waals surface area (Å²) in [4.78, 5) is 24.4. The van der Waals surface area contributed by atoms with Crippen molar-refractivity contribution in [3.05, 3.63) is 52.3 Å². The first-order chi connectivity index (χ1) is 13.6. The minimum Gasteiger partial charge on any atom is -0.317 e. The van der Waals surface area contributed by atoms with Crippen molar-refractivity contribution in [2.45, 2.75) is 18.8 Å². The summed E-state index contributed by atoms with van der Waals surface area (Å²) in [6.45, 7) is 1.94. The van der Waals surface area contributed by atoms with Crippen LogP contribution in [-0.2, 0) is 7.05 Å². The summed E-state index contributed by atoms with van der Waals surface area (Å²) in [5, 5.41) is 8.55. The van der Waals surface area contributed by atoms with Crippen LogP contribution in [0.4, 0.5) is 4.39 Å². The van der Waals surface area contributed by atoms with Gasteiger partial charge in [-0.2, -0.15) is 5.10 Å². The number of rotatable bonds is 2. The number of nitrogens with one attached hydrogen (secondary N) is 2. The Kier molecular flexibility index (Phi) is 3.94. The first kappa shape index (κ1) is 17.0. The second-order valence-electron chi connectivity index (χ2n) is 7.28. The third-order valence-corrected chi connectivity index (χ3v) is 5.34. The molecule has 0 spiro atoms. The minimum absolute atomic E-state index is 0.269. The maximum absolute atomic E-state index is 14.4. The molecule has 142 valence electrons. The number of piperidine rings is 1. The number of hydrogen-bond donors (Lipinski definition) is 2. The second-order valence-corrected chi connectivity index (χ2v) is 7.28. The van der Waals surface area contributed by atoms with E-state index in [4.69, 9.17) is 0 Å². The van der Waals surface area contributed by atoms with Crippen LogP contribution in [0.2, 0.25) is 0 Å². The molecule has 0 amide bonds. The Bertz CT molecular complexity index is 1260. The predicted molar refractivity (Wildman–Crippen MR) is 105 cm³/mol. The summed E-state index contributed by atoms with van der Waals surface area (Å²) in [6.07, 6.45) is 5.59. The summed E-state index contributed by atoms with van der Waals surface area (Å²) in [6, 6.07) is 4.99. The first-order valence-electron chi connectivity index (χ1n) is 9.32. The van der Waals surface area contributed by atoms with Gasteiger partial charge in [0.15, 0.2) is 11.5 Å². The Hall–Kier alpha value is -3.13. The van der Waals surface area contributed by atoms with Gasteiger partial charge in [-0.1, -0.05) is 0 Å². The van der Waals surface area contributed by atoms with Gasteiger partial charge in [-0.15, -0.1) is 0 Å². The molecule has 2 N–H and O–H groups in total. The second kappa shape index (κ2) is 6.49. The third-order valence-electron chi connectivity index (χ3n) is 5.34. The van der Waals surface area contributed by atoms with E-state index < -0.39 is 5.82 Å². The van der Waals surface area contributed by atoms with Gasteiger partial charge < -0.3 is 10.3 Å². The number of aromatic amines is 1. The monoisotopic (exact) mass is 378 g/mol. The van der Waals surface area contributed by atoms with Crippen LogP contribution in [0.25, 0.3) is 33.3 Å². The minimum atomic E-state index is -0.454. The van der Waals surface area contributed by atoms with Gasteiger partial charge in [0, 0.05) is 30.4 Å². The third kappa shape index (κ3) is 2.86. The molecule has 3 aromatic heterocycles. The van der Waals surface area contributed by atoms with Crippen molar-refractivity contribution in [3.8, 4) is 11.4 Å². The number of fused-ring (bicyclic) bond motifs is 2. The number of aromatic nitrogens is 5. The van der Waals surface area contributed by atoms with Gasteiger partial charge in [0.2, 0.25) is 0 Å². The highest BCUT2D eigenvalue weighted by Gasteiger charge is 2.18. The smallest absolute Gasteiger partial charge is 0.260 e. The summed E-state index contributed by atoms with van der Waals surface area (Å²) in [5.74, 6) is 0.244. The van der Waals surface area contributed by atoms with E-state index >= 15 is 0 Å². The van der Waals surface area contributed by atoms with Crippen LogP contribution in [0.5, 0.6) is 0 Å². The lowest BCUT2D eigenvalue weighted by Gasteiger charge is -2.22. The topological polar surface area (TPSA) is 88.5 Å². The lowest BCUT2D eigenvalue weighted by molar-refractivity contribution is 0.460. The Morgan fingerprint density at radius 2 is 2.04 bits per heavy atom. The molecule has 4 heterocycles. The summed E-state index contributed by atoms with van der Waals surface area (Å²) >= 11 is 0. The van der Waals surface area contributed by atoms with E-state index in [2.05, 4.69) is 25.4 Å². The zero-order valence-corrected chi connectivity index (χ0v) is 15.4. The molecular formula is C20H19FN6O. The fourth-order valence-corrected chi connectivity index (χ4v) is 3.90. The molecule has 1 aliphatic rings. The molecule has 0 bridgehead atoms. The number of hydrogen-bond acceptors (Lipinski definition) is 5. The van der Waals surface area contributed by atoms with Gasteiger partial charge in [-0.25, -0.2) is 14.4 Å². The fraction of sp³-hybridized carbons (Fsp3) is 0.300. The van der Waals surface area contributed by atoms with E-state index in [-0.39, 0.29) is 5.56 Å². The normalized spacial score (nSPS) is 15.5. The molecule has 1 aliphatic heterocycles. The molecule has 1 aromatic carbocycles. The van der Waals surface area contributed by atoms with Crippen molar-refractivity contribution in [2.75, 3.05) is 13.1 Å². The van der Waals surface area contributed by atoms with Gasteiger partial charge in [0.25, 0.3) is 5.56 Å². The quantitative estimate of drug-likeness (QED) is 0.559. The van der Waals surface area contributed by atoms with E-state index in [0.29, 0.717) is 39.2 Å². The molecule has 0 aliphatic carbocycles. The van der Waals surface area contributed by atoms with Crippen molar-refractivity contribution in [1.29, 1.82) is 0 Å². The van der Waals surface area contributed by atoms with Crippen LogP contribution in [0.15, 0.2) is 35.4 Å². The Balaban J connectivity index is 1.60. The highest BCUT2D eigenvalue weighted by molar-refractivity contribution is 5.84. The number of nitrogens with zero attached hydrogens (tertiary/aromatic N) is 4. The summed E-state index contributed by atoms with van der Waals surface area (Å²) < 4.78 is 16.0. The molecule has 0 saturated carbocycles. The zero-order chi connectivity index (χ0) is 19.3. The van der Waals surface area contributed by atoms with E-state index in [9.17, 15) is 9.18 Å². The van der Waals surface area contributed by atoms with E-state index in [0.717, 1.165) is 31.5 Å². The highest BCUT2D eigenvalue weighted by Crippen LogP contribution is 2.27. The van der Waals surface area contributed by atoms with Gasteiger partial charge in [0.1, 0.15) is 11.3 Å². The lowest BCUT2D eigenvalue weighted by Crippen LogP contribution is -2.26. The standard InChI is InChI=1S/C20H19FN6O/c1-27-10-14-6-12(8-16(21)17(14)26-27)18-24-19-15(20(28)25-18)7-13(9-23-19)11-2-4-22-5-3-11/h6-11,22H,2-5H2,1H3,(H,23,24,25,28). The molecular weight excluding hydrogens is 359 g/mol.